The number of carbonyl (C=O) groups is 3. The summed E-state index contributed by atoms with van der Waals surface area (Å²) in [5.41, 5.74) is 0. The highest BCUT2D eigenvalue weighted by molar-refractivity contribution is 5.71. The van der Waals surface area contributed by atoms with Gasteiger partial charge in [0.25, 0.3) is 0 Å². The molecule has 0 aromatic carbocycles. The number of esters is 3. The third-order valence-electron chi connectivity index (χ3n) is 10.6. The van der Waals surface area contributed by atoms with Crippen LogP contribution in [0.3, 0.4) is 0 Å². The number of hydrogen-bond acceptors (Lipinski definition) is 6. The zero-order chi connectivity index (χ0) is 38.7. The van der Waals surface area contributed by atoms with Crippen LogP contribution in [-0.4, -0.2) is 37.2 Å². The smallest absolute Gasteiger partial charge is 0.306 e. The molecule has 1 atom stereocenters. The summed E-state index contributed by atoms with van der Waals surface area (Å²) < 4.78 is 16.6. The standard InChI is InChI=1S/C47H90O6/c1-4-7-10-13-16-18-20-21-22-23-24-25-26-28-29-31-34-37-40-46(49)52-43-44(42-51-45(48)39-36-33-15-12-9-6-3)53-47(50)41-38-35-32-30-27-19-17-14-11-8-5-2/h44H,4-43H2,1-3H3. The Kier molecular flexibility index (Phi) is 41.8. The van der Waals surface area contributed by atoms with Gasteiger partial charge in [-0.05, 0) is 19.3 Å². The molecule has 0 fully saturated rings. The van der Waals surface area contributed by atoms with E-state index < -0.39 is 6.10 Å². The Hall–Kier alpha value is -1.59. The van der Waals surface area contributed by atoms with E-state index in [1.54, 1.807) is 0 Å². The van der Waals surface area contributed by atoms with Gasteiger partial charge in [-0.1, -0.05) is 226 Å². The van der Waals surface area contributed by atoms with Crippen LogP contribution in [0.15, 0.2) is 0 Å². The molecule has 0 aliphatic carbocycles. The molecular formula is C47H90O6. The summed E-state index contributed by atoms with van der Waals surface area (Å²) in [6.45, 7) is 6.60. The van der Waals surface area contributed by atoms with Crippen LogP contribution < -0.4 is 0 Å². The van der Waals surface area contributed by atoms with Gasteiger partial charge in [-0.3, -0.25) is 14.4 Å². The molecule has 6 heteroatoms. The van der Waals surface area contributed by atoms with E-state index in [0.29, 0.717) is 19.3 Å². The van der Waals surface area contributed by atoms with Gasteiger partial charge in [0.1, 0.15) is 13.2 Å². The Bertz CT molecular complexity index is 783. The van der Waals surface area contributed by atoms with Gasteiger partial charge in [-0.25, -0.2) is 0 Å². The predicted octanol–water partition coefficient (Wildman–Crippen LogP) is 14.9. The molecule has 0 aliphatic rings. The molecule has 0 heterocycles. The minimum absolute atomic E-state index is 0.0633. The monoisotopic (exact) mass is 751 g/mol. The highest BCUT2D eigenvalue weighted by Gasteiger charge is 2.19. The molecule has 0 amide bonds. The third kappa shape index (κ3) is 41.4. The van der Waals surface area contributed by atoms with Crippen molar-refractivity contribution in [2.45, 2.75) is 271 Å². The fourth-order valence-corrected chi connectivity index (χ4v) is 7.03. The zero-order valence-electron chi connectivity index (χ0n) is 35.8. The Morgan fingerprint density at radius 1 is 0.302 bits per heavy atom. The van der Waals surface area contributed by atoms with Gasteiger partial charge < -0.3 is 14.2 Å². The first-order valence-corrected chi connectivity index (χ1v) is 23.5. The maximum atomic E-state index is 12.7. The fraction of sp³-hybridized carbons (Fsp3) is 0.936. The average Bonchev–Trinajstić information content (AvgIpc) is 3.15. The first-order chi connectivity index (χ1) is 26.0. The topological polar surface area (TPSA) is 78.9 Å². The molecule has 0 radical (unpaired) electrons. The van der Waals surface area contributed by atoms with Crippen LogP contribution in [0.4, 0.5) is 0 Å². The molecule has 1 unspecified atom stereocenters. The highest BCUT2D eigenvalue weighted by atomic mass is 16.6. The second-order valence-electron chi connectivity index (χ2n) is 16.0. The lowest BCUT2D eigenvalue weighted by molar-refractivity contribution is -0.167. The first kappa shape index (κ1) is 51.4. The minimum atomic E-state index is -0.756. The number of ether oxygens (including phenoxy) is 3. The average molecular weight is 751 g/mol. The molecule has 0 N–H and O–H groups in total. The Morgan fingerprint density at radius 3 is 0.755 bits per heavy atom. The van der Waals surface area contributed by atoms with E-state index in [4.69, 9.17) is 14.2 Å². The summed E-state index contributed by atoms with van der Waals surface area (Å²) in [6.07, 6.45) is 43.9. The zero-order valence-corrected chi connectivity index (χ0v) is 35.8. The fourth-order valence-electron chi connectivity index (χ4n) is 7.03. The van der Waals surface area contributed by atoms with Crippen LogP contribution in [0, 0.1) is 0 Å². The summed E-state index contributed by atoms with van der Waals surface area (Å²) in [7, 11) is 0. The van der Waals surface area contributed by atoms with Gasteiger partial charge in [0.15, 0.2) is 6.10 Å². The van der Waals surface area contributed by atoms with Crippen LogP contribution in [0.2, 0.25) is 0 Å². The van der Waals surface area contributed by atoms with E-state index in [1.807, 2.05) is 0 Å². The van der Waals surface area contributed by atoms with Crippen molar-refractivity contribution in [3.05, 3.63) is 0 Å². The number of rotatable bonds is 43. The predicted molar refractivity (Wildman–Crippen MR) is 224 cm³/mol. The summed E-state index contributed by atoms with van der Waals surface area (Å²) in [5, 5.41) is 0. The Morgan fingerprint density at radius 2 is 0.509 bits per heavy atom. The molecule has 6 nitrogen and oxygen atoms in total. The number of carbonyl (C=O) groups excluding carboxylic acids is 3. The second kappa shape index (κ2) is 43.1. The lowest BCUT2D eigenvalue weighted by Gasteiger charge is -2.18. The molecule has 0 aliphatic heterocycles. The van der Waals surface area contributed by atoms with Crippen LogP contribution in [-0.2, 0) is 28.6 Å². The SMILES string of the molecule is CCCCCCCCCCCCCCCCCCCCC(=O)OCC(COC(=O)CCCCCCCC)OC(=O)CCCCCCCCCCCCC. The lowest BCUT2D eigenvalue weighted by Crippen LogP contribution is -2.30. The van der Waals surface area contributed by atoms with E-state index in [9.17, 15) is 14.4 Å². The Balaban J connectivity index is 4.14. The van der Waals surface area contributed by atoms with E-state index in [0.717, 1.165) is 57.8 Å². The Labute approximate surface area is 329 Å². The molecule has 0 spiro atoms. The highest BCUT2D eigenvalue weighted by Crippen LogP contribution is 2.16. The van der Waals surface area contributed by atoms with Crippen molar-refractivity contribution in [2.75, 3.05) is 13.2 Å². The molecule has 0 aromatic heterocycles. The minimum Gasteiger partial charge on any atom is -0.462 e. The van der Waals surface area contributed by atoms with Crippen LogP contribution in [0.25, 0.3) is 0 Å². The molecule has 0 rings (SSSR count). The molecule has 314 valence electrons. The van der Waals surface area contributed by atoms with E-state index in [1.165, 1.54) is 167 Å². The normalized spacial score (nSPS) is 11.8. The molecular weight excluding hydrogens is 661 g/mol. The van der Waals surface area contributed by atoms with Crippen LogP contribution in [0.1, 0.15) is 265 Å². The van der Waals surface area contributed by atoms with Gasteiger partial charge >= 0.3 is 17.9 Å². The molecule has 0 saturated heterocycles. The summed E-state index contributed by atoms with van der Waals surface area (Å²) in [5.74, 6) is -0.860. The third-order valence-corrected chi connectivity index (χ3v) is 10.6. The lowest BCUT2D eigenvalue weighted by atomic mass is 10.0. The maximum absolute atomic E-state index is 12.7. The maximum Gasteiger partial charge on any atom is 0.306 e. The number of unbranched alkanes of at least 4 members (excludes halogenated alkanes) is 32. The van der Waals surface area contributed by atoms with E-state index in [2.05, 4.69) is 20.8 Å². The first-order valence-electron chi connectivity index (χ1n) is 23.5. The number of hydrogen-bond donors (Lipinski definition) is 0. The summed E-state index contributed by atoms with van der Waals surface area (Å²) in [6, 6.07) is 0. The molecule has 0 bridgehead atoms. The largest absolute Gasteiger partial charge is 0.462 e. The molecule has 0 saturated carbocycles. The van der Waals surface area contributed by atoms with Gasteiger partial charge in [-0.15, -0.1) is 0 Å². The van der Waals surface area contributed by atoms with E-state index in [-0.39, 0.29) is 31.1 Å². The van der Waals surface area contributed by atoms with Crippen LogP contribution >= 0.6 is 0 Å². The van der Waals surface area contributed by atoms with Crippen molar-refractivity contribution >= 4 is 17.9 Å². The van der Waals surface area contributed by atoms with Gasteiger partial charge in [-0.2, -0.15) is 0 Å². The van der Waals surface area contributed by atoms with Gasteiger partial charge in [0, 0.05) is 19.3 Å². The van der Waals surface area contributed by atoms with Gasteiger partial charge in [0.2, 0.25) is 0 Å². The van der Waals surface area contributed by atoms with Crippen molar-refractivity contribution in [1.82, 2.24) is 0 Å². The van der Waals surface area contributed by atoms with Crippen molar-refractivity contribution < 1.29 is 28.6 Å². The molecule has 0 aromatic rings. The quantitative estimate of drug-likeness (QED) is 0.0351. The van der Waals surface area contributed by atoms with Gasteiger partial charge in [0.05, 0.1) is 0 Å². The van der Waals surface area contributed by atoms with E-state index >= 15 is 0 Å². The van der Waals surface area contributed by atoms with Crippen molar-refractivity contribution in [3.8, 4) is 0 Å². The van der Waals surface area contributed by atoms with Crippen LogP contribution in [0.5, 0.6) is 0 Å². The second-order valence-corrected chi connectivity index (χ2v) is 16.0. The summed E-state index contributed by atoms with van der Waals surface area (Å²) >= 11 is 0. The van der Waals surface area contributed by atoms with Crippen molar-refractivity contribution in [2.24, 2.45) is 0 Å². The summed E-state index contributed by atoms with van der Waals surface area (Å²) in [4.78, 5) is 37.5. The van der Waals surface area contributed by atoms with Crippen molar-refractivity contribution in [1.29, 1.82) is 0 Å². The molecule has 53 heavy (non-hydrogen) atoms. The van der Waals surface area contributed by atoms with Crippen molar-refractivity contribution in [3.63, 3.8) is 0 Å².